The Balaban J connectivity index is 1.73. The van der Waals surface area contributed by atoms with Crippen LogP contribution in [0, 0.1) is 11.8 Å². The first-order chi connectivity index (χ1) is 15.1. The lowest BCUT2D eigenvalue weighted by atomic mass is 9.93. The van der Waals surface area contributed by atoms with Crippen LogP contribution in [0.2, 0.25) is 0 Å². The van der Waals surface area contributed by atoms with Crippen LogP contribution >= 0.6 is 0 Å². The van der Waals surface area contributed by atoms with Gasteiger partial charge in [-0.05, 0) is 59.6 Å². The number of allylic oxidation sites excluding steroid dienone is 1. The first-order valence-corrected chi connectivity index (χ1v) is 12.7. The average Bonchev–Trinajstić information content (AvgIpc) is 3.46. The molecule has 2 aromatic carbocycles. The molecule has 0 spiro atoms. The molecule has 0 amide bonds. The molecule has 1 saturated carbocycles. The lowest BCUT2D eigenvalue weighted by Crippen LogP contribution is -2.50. The van der Waals surface area contributed by atoms with Gasteiger partial charge in [-0.1, -0.05) is 49.4 Å². The summed E-state index contributed by atoms with van der Waals surface area (Å²) < 4.78 is 31.3. The van der Waals surface area contributed by atoms with E-state index in [-0.39, 0.29) is 19.8 Å². The smallest absolute Gasteiger partial charge is 0.231 e. The number of ether oxygens (including phenoxy) is 1. The van der Waals surface area contributed by atoms with Crippen molar-refractivity contribution in [1.82, 2.24) is 0 Å². The Kier molecular flexibility index (Phi) is 7.77. The lowest BCUT2D eigenvalue weighted by molar-refractivity contribution is 0.0458. The van der Waals surface area contributed by atoms with Crippen LogP contribution in [0.4, 0.5) is 5.69 Å². The Morgan fingerprint density at radius 1 is 1.22 bits per heavy atom. The highest BCUT2D eigenvalue weighted by Gasteiger charge is 2.29. The number of hydrogen-bond acceptors (Lipinski definition) is 5. The van der Waals surface area contributed by atoms with Gasteiger partial charge in [0.1, 0.15) is 0 Å². The van der Waals surface area contributed by atoms with E-state index in [1.54, 1.807) is 7.05 Å². The Hall–Kier alpha value is -2.19. The highest BCUT2D eigenvalue weighted by atomic mass is 32.2. The molecule has 6 nitrogen and oxygen atoms in total. The summed E-state index contributed by atoms with van der Waals surface area (Å²) in [6.45, 7) is 2.46. The molecule has 0 aromatic heterocycles. The zero-order valence-electron chi connectivity index (χ0n) is 19.1. The van der Waals surface area contributed by atoms with Gasteiger partial charge in [0.15, 0.2) is 0 Å². The maximum absolute atomic E-state index is 12.1. The molecule has 3 N–H and O–H groups in total. The minimum Gasteiger partial charge on any atom is -0.394 e. The average molecular weight is 459 g/mol. The van der Waals surface area contributed by atoms with Gasteiger partial charge >= 0.3 is 0 Å². The largest absolute Gasteiger partial charge is 0.394 e. The third kappa shape index (κ3) is 6.90. The van der Waals surface area contributed by atoms with E-state index in [4.69, 9.17) is 10.5 Å². The molecule has 1 fully saturated rings. The number of aliphatic hydroxyl groups is 1. The number of anilines is 1. The normalized spacial score (nSPS) is 20.3. The van der Waals surface area contributed by atoms with Crippen molar-refractivity contribution < 1.29 is 18.3 Å². The van der Waals surface area contributed by atoms with Crippen molar-refractivity contribution in [3.8, 4) is 0 Å². The molecule has 1 aliphatic carbocycles. The maximum Gasteiger partial charge on any atom is 0.231 e. The highest BCUT2D eigenvalue weighted by Crippen LogP contribution is 2.39. The number of nitrogens with zero attached hydrogens (tertiary/aromatic N) is 1. The van der Waals surface area contributed by atoms with Crippen molar-refractivity contribution in [2.45, 2.75) is 31.9 Å². The summed E-state index contributed by atoms with van der Waals surface area (Å²) in [4.78, 5) is 0. The van der Waals surface area contributed by atoms with E-state index in [0.29, 0.717) is 23.9 Å². The maximum atomic E-state index is 12.1. The number of sulfonamides is 1. The molecule has 0 bridgehead atoms. The van der Waals surface area contributed by atoms with Gasteiger partial charge in [-0.2, -0.15) is 0 Å². The fraction of sp³-hybridized carbons (Fsp3) is 0.440. The fourth-order valence-electron chi connectivity index (χ4n) is 3.63. The van der Waals surface area contributed by atoms with Crippen LogP contribution in [0.3, 0.4) is 0 Å². The zero-order chi connectivity index (χ0) is 23.4. The zero-order valence-corrected chi connectivity index (χ0v) is 19.9. The molecule has 174 valence electrons. The van der Waals surface area contributed by atoms with Gasteiger partial charge in [0.25, 0.3) is 0 Å². The van der Waals surface area contributed by atoms with E-state index in [1.165, 1.54) is 17.0 Å². The fourth-order valence-corrected chi connectivity index (χ4v) is 4.12. The Morgan fingerprint density at radius 3 is 2.50 bits per heavy atom. The van der Waals surface area contributed by atoms with Crippen LogP contribution < -0.4 is 10.0 Å². The molecule has 0 saturated heterocycles. The third-order valence-electron chi connectivity index (χ3n) is 5.94. The molecule has 3 rings (SSSR count). The lowest BCUT2D eigenvalue weighted by Gasteiger charge is -2.27. The van der Waals surface area contributed by atoms with Crippen LogP contribution in [-0.2, 0) is 27.8 Å². The van der Waals surface area contributed by atoms with Crippen molar-refractivity contribution in [3.05, 3.63) is 71.3 Å². The van der Waals surface area contributed by atoms with Crippen LogP contribution in [0.15, 0.2) is 54.6 Å². The number of aliphatic hydroxyl groups excluding tert-OH is 1. The SMILES string of the molecule is CC1CC1/C=C\c1cc(COCC(N)(CO)Cc2ccccc2)cc(N(C)S(C)(=O)=O)c1. The summed E-state index contributed by atoms with van der Waals surface area (Å²) >= 11 is 0. The number of nitrogens with two attached hydrogens (primary N) is 1. The van der Waals surface area contributed by atoms with Gasteiger partial charge in [-0.3, -0.25) is 4.31 Å². The van der Waals surface area contributed by atoms with E-state index >= 15 is 0 Å². The van der Waals surface area contributed by atoms with Crippen molar-refractivity contribution in [2.24, 2.45) is 17.6 Å². The summed E-state index contributed by atoms with van der Waals surface area (Å²) in [6.07, 6.45) is 7.11. The molecular formula is C25H34N2O4S. The summed E-state index contributed by atoms with van der Waals surface area (Å²) in [7, 11) is -1.84. The van der Waals surface area contributed by atoms with Crippen LogP contribution in [0.1, 0.15) is 30.0 Å². The quantitative estimate of drug-likeness (QED) is 0.539. The summed E-state index contributed by atoms with van der Waals surface area (Å²) in [6, 6.07) is 15.4. The van der Waals surface area contributed by atoms with Crippen molar-refractivity contribution in [2.75, 3.05) is 30.8 Å². The standard InChI is InChI=1S/C25H34N2O4S/c1-19-11-23(19)10-9-21-12-22(14-24(13-21)27(2)32(3,29)30)16-31-18-25(26,17-28)15-20-7-5-4-6-8-20/h4-10,12-14,19,23,28H,11,15-18,26H2,1-3H3/b10-9-. The molecule has 0 radical (unpaired) electrons. The van der Waals surface area contributed by atoms with Gasteiger partial charge in [0, 0.05) is 7.05 Å². The van der Waals surface area contributed by atoms with Gasteiger partial charge in [0.05, 0.1) is 37.3 Å². The predicted octanol–water partition coefficient (Wildman–Crippen LogP) is 3.20. The first-order valence-electron chi connectivity index (χ1n) is 10.9. The van der Waals surface area contributed by atoms with Gasteiger partial charge < -0.3 is 15.6 Å². The molecule has 2 aromatic rings. The van der Waals surface area contributed by atoms with Crippen LogP contribution in [-0.4, -0.2) is 45.6 Å². The summed E-state index contributed by atoms with van der Waals surface area (Å²) in [5.41, 5.74) is 8.89. The van der Waals surface area contributed by atoms with Gasteiger partial charge in [-0.25, -0.2) is 8.42 Å². The van der Waals surface area contributed by atoms with E-state index < -0.39 is 15.6 Å². The van der Waals surface area contributed by atoms with Crippen LogP contribution in [0.5, 0.6) is 0 Å². The second-order valence-corrected chi connectivity index (χ2v) is 11.1. The van der Waals surface area contributed by atoms with Crippen molar-refractivity contribution in [1.29, 1.82) is 0 Å². The Labute approximate surface area is 191 Å². The number of hydrogen-bond donors (Lipinski definition) is 2. The number of rotatable bonds is 11. The summed E-state index contributed by atoms with van der Waals surface area (Å²) in [5.74, 6) is 1.29. The second kappa shape index (κ2) is 10.2. The highest BCUT2D eigenvalue weighted by molar-refractivity contribution is 7.92. The monoisotopic (exact) mass is 458 g/mol. The van der Waals surface area contributed by atoms with Gasteiger partial charge in [-0.15, -0.1) is 0 Å². The first kappa shape index (κ1) is 24.5. The molecular weight excluding hydrogens is 424 g/mol. The van der Waals surface area contributed by atoms with Crippen LogP contribution in [0.25, 0.3) is 6.08 Å². The van der Waals surface area contributed by atoms with E-state index in [0.717, 1.165) is 16.7 Å². The minimum atomic E-state index is -3.38. The topological polar surface area (TPSA) is 92.9 Å². The molecule has 1 aliphatic rings. The number of benzene rings is 2. The Morgan fingerprint density at radius 2 is 1.91 bits per heavy atom. The third-order valence-corrected chi connectivity index (χ3v) is 7.15. The molecule has 3 unspecified atom stereocenters. The molecule has 0 heterocycles. The predicted molar refractivity (Wildman–Crippen MR) is 130 cm³/mol. The minimum absolute atomic E-state index is 0.176. The second-order valence-electron chi connectivity index (χ2n) is 9.07. The molecule has 32 heavy (non-hydrogen) atoms. The van der Waals surface area contributed by atoms with E-state index in [1.807, 2.05) is 54.6 Å². The van der Waals surface area contributed by atoms with Crippen molar-refractivity contribution >= 4 is 21.8 Å². The molecule has 3 atom stereocenters. The Bertz CT molecular complexity index is 1040. The molecule has 0 aliphatic heterocycles. The van der Waals surface area contributed by atoms with E-state index in [9.17, 15) is 13.5 Å². The molecule has 7 heteroatoms. The van der Waals surface area contributed by atoms with E-state index in [2.05, 4.69) is 13.0 Å². The van der Waals surface area contributed by atoms with Crippen molar-refractivity contribution in [3.63, 3.8) is 0 Å². The summed E-state index contributed by atoms with van der Waals surface area (Å²) in [5, 5.41) is 9.86. The van der Waals surface area contributed by atoms with Gasteiger partial charge in [0.2, 0.25) is 10.0 Å².